The van der Waals surface area contributed by atoms with Crippen LogP contribution < -0.4 is 5.32 Å². The van der Waals surface area contributed by atoms with Gasteiger partial charge < -0.3 is 10.1 Å². The molecular formula is C14H21FN2O. The second-order valence-electron chi connectivity index (χ2n) is 4.73. The zero-order chi connectivity index (χ0) is 12.8. The van der Waals surface area contributed by atoms with E-state index in [1.165, 1.54) is 17.7 Å². The lowest BCUT2D eigenvalue weighted by atomic mass is 10.1. The summed E-state index contributed by atoms with van der Waals surface area (Å²) in [7, 11) is 1.95. The van der Waals surface area contributed by atoms with Crippen LogP contribution in [0.4, 0.5) is 4.39 Å². The Bertz CT molecular complexity index is 353. The first-order valence-corrected chi connectivity index (χ1v) is 6.51. The van der Waals surface area contributed by atoms with Gasteiger partial charge in [0.1, 0.15) is 5.82 Å². The van der Waals surface area contributed by atoms with Crippen LogP contribution >= 0.6 is 0 Å². The molecule has 1 aliphatic heterocycles. The summed E-state index contributed by atoms with van der Waals surface area (Å²) in [5.41, 5.74) is 1.19. The van der Waals surface area contributed by atoms with E-state index in [1.807, 2.05) is 19.2 Å². The van der Waals surface area contributed by atoms with Gasteiger partial charge in [-0.25, -0.2) is 4.39 Å². The molecule has 0 spiro atoms. The summed E-state index contributed by atoms with van der Waals surface area (Å²) >= 11 is 0. The van der Waals surface area contributed by atoms with Crippen LogP contribution in [-0.2, 0) is 11.2 Å². The van der Waals surface area contributed by atoms with Gasteiger partial charge in [0.25, 0.3) is 0 Å². The fraction of sp³-hybridized carbons (Fsp3) is 0.571. The van der Waals surface area contributed by atoms with Gasteiger partial charge in [-0.05, 0) is 31.2 Å². The maximum atomic E-state index is 12.8. The molecule has 0 bridgehead atoms. The first-order chi connectivity index (χ1) is 8.78. The van der Waals surface area contributed by atoms with Crippen LogP contribution in [0.5, 0.6) is 0 Å². The van der Waals surface area contributed by atoms with Gasteiger partial charge in [-0.1, -0.05) is 12.1 Å². The third-order valence-electron chi connectivity index (χ3n) is 3.28. The molecule has 3 nitrogen and oxygen atoms in total. The van der Waals surface area contributed by atoms with Gasteiger partial charge in [0.2, 0.25) is 0 Å². The minimum Gasteiger partial charge on any atom is -0.374 e. The van der Waals surface area contributed by atoms with Crippen LogP contribution in [-0.4, -0.2) is 50.8 Å². The van der Waals surface area contributed by atoms with Gasteiger partial charge in [0, 0.05) is 26.2 Å². The molecule has 2 rings (SSSR count). The number of nitrogens with one attached hydrogen (secondary N) is 1. The van der Waals surface area contributed by atoms with E-state index in [9.17, 15) is 4.39 Å². The van der Waals surface area contributed by atoms with Crippen LogP contribution in [0.15, 0.2) is 24.3 Å². The van der Waals surface area contributed by atoms with Crippen LogP contribution in [0.2, 0.25) is 0 Å². The standard InChI is InChI=1S/C14H21FN2O/c1-16-10-14-11-17(8-9-18-14)7-6-12-2-4-13(15)5-3-12/h2-5,14,16H,6-11H2,1H3. The van der Waals surface area contributed by atoms with E-state index < -0.39 is 0 Å². The first kappa shape index (κ1) is 13.5. The summed E-state index contributed by atoms with van der Waals surface area (Å²) in [5.74, 6) is -0.167. The van der Waals surface area contributed by atoms with Crippen LogP contribution in [0, 0.1) is 5.82 Å². The summed E-state index contributed by atoms with van der Waals surface area (Å²) in [5, 5.41) is 3.14. The summed E-state index contributed by atoms with van der Waals surface area (Å²) in [6.07, 6.45) is 1.25. The second kappa shape index (κ2) is 6.83. The Labute approximate surface area is 108 Å². The topological polar surface area (TPSA) is 24.5 Å². The molecule has 1 aromatic rings. The Kier molecular flexibility index (Phi) is 5.11. The number of likely N-dealkylation sites (N-methyl/N-ethyl adjacent to an activating group) is 1. The van der Waals surface area contributed by atoms with Gasteiger partial charge >= 0.3 is 0 Å². The van der Waals surface area contributed by atoms with Crippen molar-refractivity contribution in [2.24, 2.45) is 0 Å². The van der Waals surface area contributed by atoms with Crippen LogP contribution in [0.3, 0.4) is 0 Å². The number of halogens is 1. The Balaban J connectivity index is 1.77. The SMILES string of the molecule is CNCC1CN(CCc2ccc(F)cc2)CCO1. The molecule has 1 aliphatic rings. The highest BCUT2D eigenvalue weighted by Crippen LogP contribution is 2.08. The number of hydrogen-bond donors (Lipinski definition) is 1. The van der Waals surface area contributed by atoms with E-state index in [0.717, 1.165) is 39.2 Å². The molecule has 1 saturated heterocycles. The van der Waals surface area contributed by atoms with Crippen molar-refractivity contribution in [2.75, 3.05) is 39.8 Å². The van der Waals surface area contributed by atoms with Crippen molar-refractivity contribution < 1.29 is 9.13 Å². The molecule has 0 radical (unpaired) electrons. The molecule has 0 aromatic heterocycles. The fourth-order valence-corrected chi connectivity index (χ4v) is 2.27. The monoisotopic (exact) mass is 252 g/mol. The molecule has 18 heavy (non-hydrogen) atoms. The lowest BCUT2D eigenvalue weighted by Gasteiger charge is -2.32. The number of ether oxygens (including phenoxy) is 1. The highest BCUT2D eigenvalue weighted by atomic mass is 19.1. The molecule has 0 saturated carbocycles. The quantitative estimate of drug-likeness (QED) is 0.854. The minimum absolute atomic E-state index is 0.167. The zero-order valence-electron chi connectivity index (χ0n) is 10.9. The molecule has 4 heteroatoms. The van der Waals surface area contributed by atoms with E-state index >= 15 is 0 Å². The molecule has 1 atom stereocenters. The van der Waals surface area contributed by atoms with E-state index in [1.54, 1.807) is 0 Å². The molecule has 1 N–H and O–H groups in total. The third kappa shape index (κ3) is 4.05. The molecule has 100 valence electrons. The Morgan fingerprint density at radius 2 is 2.17 bits per heavy atom. The van der Waals surface area contributed by atoms with Gasteiger partial charge in [-0.3, -0.25) is 4.90 Å². The predicted molar refractivity (Wildman–Crippen MR) is 70.2 cm³/mol. The van der Waals surface area contributed by atoms with Gasteiger partial charge in [-0.15, -0.1) is 0 Å². The largest absolute Gasteiger partial charge is 0.374 e. The van der Waals surface area contributed by atoms with Crippen molar-refractivity contribution in [1.29, 1.82) is 0 Å². The predicted octanol–water partition coefficient (Wildman–Crippen LogP) is 1.29. The summed E-state index contributed by atoms with van der Waals surface area (Å²) < 4.78 is 18.4. The van der Waals surface area contributed by atoms with Crippen molar-refractivity contribution in [3.63, 3.8) is 0 Å². The minimum atomic E-state index is -0.167. The smallest absolute Gasteiger partial charge is 0.123 e. The van der Waals surface area contributed by atoms with Crippen LogP contribution in [0.25, 0.3) is 0 Å². The van der Waals surface area contributed by atoms with E-state index in [-0.39, 0.29) is 11.9 Å². The van der Waals surface area contributed by atoms with Crippen LogP contribution in [0.1, 0.15) is 5.56 Å². The fourth-order valence-electron chi connectivity index (χ4n) is 2.27. The zero-order valence-corrected chi connectivity index (χ0v) is 10.9. The van der Waals surface area contributed by atoms with Gasteiger partial charge in [0.05, 0.1) is 12.7 Å². The molecule has 1 aromatic carbocycles. The Morgan fingerprint density at radius 3 is 2.89 bits per heavy atom. The average molecular weight is 252 g/mol. The van der Waals surface area contributed by atoms with E-state index in [4.69, 9.17) is 4.74 Å². The number of rotatable bonds is 5. The Hall–Kier alpha value is -0.970. The number of morpholine rings is 1. The molecular weight excluding hydrogens is 231 g/mol. The maximum Gasteiger partial charge on any atom is 0.123 e. The molecule has 1 heterocycles. The molecule has 0 aliphatic carbocycles. The lowest BCUT2D eigenvalue weighted by Crippen LogP contribution is -2.46. The Morgan fingerprint density at radius 1 is 1.39 bits per heavy atom. The highest BCUT2D eigenvalue weighted by Gasteiger charge is 2.19. The molecule has 1 fully saturated rings. The van der Waals surface area contributed by atoms with E-state index in [0.29, 0.717) is 0 Å². The average Bonchev–Trinajstić information content (AvgIpc) is 2.39. The van der Waals surface area contributed by atoms with Crippen molar-refractivity contribution in [3.05, 3.63) is 35.6 Å². The van der Waals surface area contributed by atoms with E-state index in [2.05, 4.69) is 10.2 Å². The summed E-state index contributed by atoms with van der Waals surface area (Å²) in [6, 6.07) is 6.78. The van der Waals surface area contributed by atoms with Gasteiger partial charge in [-0.2, -0.15) is 0 Å². The summed E-state index contributed by atoms with van der Waals surface area (Å²) in [4.78, 5) is 2.41. The number of hydrogen-bond acceptors (Lipinski definition) is 3. The molecule has 0 amide bonds. The van der Waals surface area contributed by atoms with Gasteiger partial charge in [0.15, 0.2) is 0 Å². The number of nitrogens with zero attached hydrogens (tertiary/aromatic N) is 1. The van der Waals surface area contributed by atoms with Crippen molar-refractivity contribution >= 4 is 0 Å². The third-order valence-corrected chi connectivity index (χ3v) is 3.28. The normalized spacial score (nSPS) is 21.1. The highest BCUT2D eigenvalue weighted by molar-refractivity contribution is 5.16. The van der Waals surface area contributed by atoms with Crippen molar-refractivity contribution in [2.45, 2.75) is 12.5 Å². The second-order valence-corrected chi connectivity index (χ2v) is 4.73. The van der Waals surface area contributed by atoms with Crippen molar-refractivity contribution in [3.8, 4) is 0 Å². The lowest BCUT2D eigenvalue weighted by molar-refractivity contribution is -0.0258. The first-order valence-electron chi connectivity index (χ1n) is 6.51. The van der Waals surface area contributed by atoms with Crippen molar-refractivity contribution in [1.82, 2.24) is 10.2 Å². The maximum absolute atomic E-state index is 12.8. The molecule has 1 unspecified atom stereocenters. The number of benzene rings is 1. The summed E-state index contributed by atoms with van der Waals surface area (Å²) in [6.45, 7) is 4.67.